The standard InChI is InChI=1S/C13H16N4O2/c1-19-13-5-3-2-4-10(13)8-12(18)11-9-17(7-6-14)16-15-11/h2-5,9H,6-8,14H2,1H3. The number of carbonyl (C=O) groups is 1. The first-order valence-corrected chi connectivity index (χ1v) is 6.00. The second kappa shape index (κ2) is 6.10. The molecule has 2 N–H and O–H groups in total. The molecule has 19 heavy (non-hydrogen) atoms. The van der Waals surface area contributed by atoms with Crippen molar-refractivity contribution in [2.45, 2.75) is 13.0 Å². The third-order valence-electron chi connectivity index (χ3n) is 2.73. The zero-order chi connectivity index (χ0) is 13.7. The van der Waals surface area contributed by atoms with E-state index in [-0.39, 0.29) is 12.2 Å². The van der Waals surface area contributed by atoms with Gasteiger partial charge in [-0.05, 0) is 6.07 Å². The van der Waals surface area contributed by atoms with Crippen LogP contribution in [0.1, 0.15) is 16.1 Å². The van der Waals surface area contributed by atoms with Gasteiger partial charge in [0.25, 0.3) is 0 Å². The lowest BCUT2D eigenvalue weighted by Crippen LogP contribution is -2.10. The Morgan fingerprint density at radius 2 is 2.21 bits per heavy atom. The number of para-hydroxylation sites is 1. The molecule has 1 heterocycles. The smallest absolute Gasteiger partial charge is 0.189 e. The second-order valence-corrected chi connectivity index (χ2v) is 4.07. The summed E-state index contributed by atoms with van der Waals surface area (Å²) in [6, 6.07) is 7.43. The fourth-order valence-corrected chi connectivity index (χ4v) is 1.78. The highest BCUT2D eigenvalue weighted by atomic mass is 16.5. The first-order valence-electron chi connectivity index (χ1n) is 6.00. The second-order valence-electron chi connectivity index (χ2n) is 4.07. The molecule has 2 rings (SSSR count). The van der Waals surface area contributed by atoms with Gasteiger partial charge in [0.15, 0.2) is 5.78 Å². The van der Waals surface area contributed by atoms with Gasteiger partial charge >= 0.3 is 0 Å². The molecule has 1 aromatic carbocycles. The van der Waals surface area contributed by atoms with Gasteiger partial charge in [0.2, 0.25) is 0 Å². The van der Waals surface area contributed by atoms with Crippen LogP contribution in [0.3, 0.4) is 0 Å². The number of methoxy groups -OCH3 is 1. The summed E-state index contributed by atoms with van der Waals surface area (Å²) in [6.45, 7) is 1.01. The molecule has 0 amide bonds. The fourth-order valence-electron chi connectivity index (χ4n) is 1.78. The molecule has 6 heteroatoms. The minimum Gasteiger partial charge on any atom is -0.496 e. The molecule has 0 saturated carbocycles. The largest absolute Gasteiger partial charge is 0.496 e. The molecule has 0 aliphatic rings. The van der Waals surface area contributed by atoms with Crippen LogP contribution in [0.15, 0.2) is 30.5 Å². The predicted molar refractivity (Wildman–Crippen MR) is 70.1 cm³/mol. The van der Waals surface area contributed by atoms with E-state index in [1.807, 2.05) is 24.3 Å². The van der Waals surface area contributed by atoms with E-state index >= 15 is 0 Å². The van der Waals surface area contributed by atoms with Crippen LogP contribution in [-0.2, 0) is 13.0 Å². The van der Waals surface area contributed by atoms with Gasteiger partial charge in [-0.15, -0.1) is 5.10 Å². The molecule has 2 aromatic rings. The quantitative estimate of drug-likeness (QED) is 0.772. The van der Waals surface area contributed by atoms with Crippen molar-refractivity contribution >= 4 is 5.78 Å². The maximum atomic E-state index is 12.1. The van der Waals surface area contributed by atoms with Crippen molar-refractivity contribution < 1.29 is 9.53 Å². The molecule has 0 aliphatic heterocycles. The highest BCUT2D eigenvalue weighted by Crippen LogP contribution is 2.18. The average Bonchev–Trinajstić information content (AvgIpc) is 2.88. The van der Waals surface area contributed by atoms with E-state index < -0.39 is 0 Å². The van der Waals surface area contributed by atoms with Crippen LogP contribution in [0.4, 0.5) is 0 Å². The Hall–Kier alpha value is -2.21. The van der Waals surface area contributed by atoms with Crippen molar-refractivity contribution in [3.8, 4) is 5.75 Å². The Morgan fingerprint density at radius 1 is 1.42 bits per heavy atom. The molecule has 0 atom stereocenters. The Morgan fingerprint density at radius 3 is 2.95 bits per heavy atom. The Kier molecular flexibility index (Phi) is 4.25. The van der Waals surface area contributed by atoms with Gasteiger partial charge in [-0.3, -0.25) is 9.48 Å². The van der Waals surface area contributed by atoms with Gasteiger partial charge < -0.3 is 10.5 Å². The molecule has 0 unspecified atom stereocenters. The lowest BCUT2D eigenvalue weighted by Gasteiger charge is -2.05. The zero-order valence-electron chi connectivity index (χ0n) is 10.7. The number of nitrogens with zero attached hydrogens (tertiary/aromatic N) is 3. The average molecular weight is 260 g/mol. The van der Waals surface area contributed by atoms with Crippen molar-refractivity contribution in [3.63, 3.8) is 0 Å². The molecule has 0 bridgehead atoms. The SMILES string of the molecule is COc1ccccc1CC(=O)c1cn(CCN)nn1. The van der Waals surface area contributed by atoms with Crippen molar-refractivity contribution in [1.82, 2.24) is 15.0 Å². The van der Waals surface area contributed by atoms with Gasteiger partial charge in [-0.1, -0.05) is 23.4 Å². The van der Waals surface area contributed by atoms with Crippen molar-refractivity contribution in [1.29, 1.82) is 0 Å². The van der Waals surface area contributed by atoms with E-state index in [1.54, 1.807) is 18.0 Å². The monoisotopic (exact) mass is 260 g/mol. The Labute approximate surface area is 111 Å². The number of hydrogen-bond acceptors (Lipinski definition) is 5. The Bertz CT molecular complexity index is 565. The van der Waals surface area contributed by atoms with Crippen LogP contribution >= 0.6 is 0 Å². The summed E-state index contributed by atoms with van der Waals surface area (Å²) in [7, 11) is 1.58. The number of hydrogen-bond donors (Lipinski definition) is 1. The third-order valence-corrected chi connectivity index (χ3v) is 2.73. The number of nitrogens with two attached hydrogens (primary N) is 1. The number of ketones is 1. The molecule has 0 spiro atoms. The molecule has 0 aliphatic carbocycles. The molecule has 100 valence electrons. The van der Waals surface area contributed by atoms with E-state index in [9.17, 15) is 4.79 Å². The molecule has 1 aromatic heterocycles. The number of aromatic nitrogens is 3. The molecule has 0 saturated heterocycles. The van der Waals surface area contributed by atoms with E-state index in [0.29, 0.717) is 24.5 Å². The summed E-state index contributed by atoms with van der Waals surface area (Å²) in [5.74, 6) is 0.609. The van der Waals surface area contributed by atoms with Crippen LogP contribution in [0.25, 0.3) is 0 Å². The lowest BCUT2D eigenvalue weighted by atomic mass is 10.1. The van der Waals surface area contributed by atoms with Crippen molar-refractivity contribution in [3.05, 3.63) is 41.7 Å². The topological polar surface area (TPSA) is 83.0 Å². The lowest BCUT2D eigenvalue weighted by molar-refractivity contribution is 0.0987. The fraction of sp³-hybridized carbons (Fsp3) is 0.308. The summed E-state index contributed by atoms with van der Waals surface area (Å²) in [5, 5.41) is 7.70. The number of benzene rings is 1. The van der Waals surface area contributed by atoms with Gasteiger partial charge in [0.1, 0.15) is 11.4 Å². The number of rotatable bonds is 6. The van der Waals surface area contributed by atoms with Crippen LogP contribution in [-0.4, -0.2) is 34.4 Å². The zero-order valence-corrected chi connectivity index (χ0v) is 10.7. The van der Waals surface area contributed by atoms with Gasteiger partial charge in [-0.25, -0.2) is 0 Å². The maximum Gasteiger partial charge on any atom is 0.189 e. The van der Waals surface area contributed by atoms with Crippen LogP contribution in [0, 0.1) is 0 Å². The van der Waals surface area contributed by atoms with Gasteiger partial charge in [0.05, 0.1) is 19.9 Å². The summed E-state index contributed by atoms with van der Waals surface area (Å²) < 4.78 is 6.78. The van der Waals surface area contributed by atoms with E-state index in [2.05, 4.69) is 10.3 Å². The molecule has 0 radical (unpaired) electrons. The van der Waals surface area contributed by atoms with Crippen LogP contribution in [0.2, 0.25) is 0 Å². The normalized spacial score (nSPS) is 10.4. The van der Waals surface area contributed by atoms with Crippen LogP contribution in [0.5, 0.6) is 5.75 Å². The predicted octanol–water partition coefficient (Wildman–Crippen LogP) is 0.671. The highest BCUT2D eigenvalue weighted by Gasteiger charge is 2.13. The molecule has 6 nitrogen and oxygen atoms in total. The third kappa shape index (κ3) is 3.17. The first kappa shape index (κ1) is 13.2. The summed E-state index contributed by atoms with van der Waals surface area (Å²) in [6.07, 6.45) is 1.86. The summed E-state index contributed by atoms with van der Waals surface area (Å²) in [5.41, 5.74) is 6.60. The number of ether oxygens (including phenoxy) is 1. The highest BCUT2D eigenvalue weighted by molar-refractivity contribution is 5.95. The summed E-state index contributed by atoms with van der Waals surface area (Å²) in [4.78, 5) is 12.1. The van der Waals surface area contributed by atoms with Crippen molar-refractivity contribution in [2.24, 2.45) is 5.73 Å². The Balaban J connectivity index is 2.11. The van der Waals surface area contributed by atoms with Gasteiger partial charge in [-0.2, -0.15) is 0 Å². The van der Waals surface area contributed by atoms with E-state index in [1.165, 1.54) is 0 Å². The van der Waals surface area contributed by atoms with E-state index in [0.717, 1.165) is 5.56 Å². The molecular weight excluding hydrogens is 244 g/mol. The molecular formula is C13H16N4O2. The van der Waals surface area contributed by atoms with Crippen LogP contribution < -0.4 is 10.5 Å². The minimum atomic E-state index is -0.0900. The molecule has 0 fully saturated rings. The maximum absolute atomic E-state index is 12.1. The summed E-state index contributed by atoms with van der Waals surface area (Å²) >= 11 is 0. The van der Waals surface area contributed by atoms with Crippen molar-refractivity contribution in [2.75, 3.05) is 13.7 Å². The minimum absolute atomic E-state index is 0.0900. The van der Waals surface area contributed by atoms with Gasteiger partial charge in [0, 0.05) is 18.5 Å². The first-order chi connectivity index (χ1) is 9.24. The number of carbonyl (C=O) groups excluding carboxylic acids is 1. The number of Topliss-reactive ketones (excluding diaryl/α,β-unsaturated/α-hetero) is 1. The van der Waals surface area contributed by atoms with E-state index in [4.69, 9.17) is 10.5 Å².